The van der Waals surface area contributed by atoms with Gasteiger partial charge in [0.05, 0.1) is 14.2 Å². The van der Waals surface area contributed by atoms with Gasteiger partial charge in [0.25, 0.3) is 0 Å². The number of methoxy groups -OCH3 is 1. The summed E-state index contributed by atoms with van der Waals surface area (Å²) in [5.74, 6) is -2.74. The van der Waals surface area contributed by atoms with Crippen molar-refractivity contribution in [1.29, 1.82) is 0 Å². The van der Waals surface area contributed by atoms with E-state index in [1.54, 1.807) is 0 Å². The maximum Gasteiger partial charge on any atom is 0.186 e. The zero-order valence-corrected chi connectivity index (χ0v) is 10.9. The second-order valence-corrected chi connectivity index (χ2v) is 5.44. The molecule has 5 nitrogen and oxygen atoms in total. The van der Waals surface area contributed by atoms with E-state index in [-0.39, 0.29) is 17.9 Å². The zero-order chi connectivity index (χ0) is 13.9. The molecule has 1 rings (SSSR count). The molecule has 0 fully saturated rings. The Hall–Kier alpha value is -1.25. The van der Waals surface area contributed by atoms with Crippen molar-refractivity contribution >= 4 is 9.84 Å². The van der Waals surface area contributed by atoms with Crippen LogP contribution in [0.1, 0.15) is 5.56 Å². The number of hydrogen-bond acceptors (Lipinski definition) is 5. The normalized spacial score (nSPS) is 11.6. The van der Waals surface area contributed by atoms with E-state index in [1.165, 1.54) is 14.2 Å². The fraction of sp³-hybridized carbons (Fsp3) is 0.400. The number of sulfone groups is 1. The van der Waals surface area contributed by atoms with E-state index in [2.05, 4.69) is 10.3 Å². The van der Waals surface area contributed by atoms with Crippen molar-refractivity contribution in [2.45, 2.75) is 11.4 Å². The van der Waals surface area contributed by atoms with Gasteiger partial charge in [-0.2, -0.15) is 5.48 Å². The van der Waals surface area contributed by atoms with E-state index in [9.17, 15) is 17.2 Å². The van der Waals surface area contributed by atoms with Crippen molar-refractivity contribution in [3.05, 3.63) is 23.3 Å². The SMILES string of the molecule is CONCc1cc(F)c(S(C)(=O)=O)c(F)c1OC. The summed E-state index contributed by atoms with van der Waals surface area (Å²) in [4.78, 5) is 3.55. The lowest BCUT2D eigenvalue weighted by Gasteiger charge is -2.13. The van der Waals surface area contributed by atoms with Gasteiger partial charge in [0.2, 0.25) is 0 Å². The Kier molecular flexibility index (Phi) is 4.60. The number of hydrogen-bond donors (Lipinski definition) is 1. The van der Waals surface area contributed by atoms with Crippen molar-refractivity contribution in [3.63, 3.8) is 0 Å². The molecule has 0 atom stereocenters. The van der Waals surface area contributed by atoms with Crippen LogP contribution in [0.5, 0.6) is 5.75 Å². The smallest absolute Gasteiger partial charge is 0.186 e. The summed E-state index contributed by atoms with van der Waals surface area (Å²) in [5, 5.41) is 0. The maximum absolute atomic E-state index is 13.9. The van der Waals surface area contributed by atoms with E-state index in [0.29, 0.717) is 0 Å². The Balaban J connectivity index is 3.45. The number of ether oxygens (including phenoxy) is 1. The third-order valence-electron chi connectivity index (χ3n) is 2.19. The fourth-order valence-corrected chi connectivity index (χ4v) is 2.31. The van der Waals surface area contributed by atoms with Crippen LogP contribution in [-0.4, -0.2) is 28.9 Å². The Morgan fingerprint density at radius 3 is 2.39 bits per heavy atom. The van der Waals surface area contributed by atoms with Crippen LogP contribution in [0.2, 0.25) is 0 Å². The Labute approximate surface area is 104 Å². The Bertz CT molecular complexity index is 545. The molecule has 18 heavy (non-hydrogen) atoms. The van der Waals surface area contributed by atoms with E-state index in [4.69, 9.17) is 4.74 Å². The van der Waals surface area contributed by atoms with Crippen molar-refractivity contribution in [1.82, 2.24) is 5.48 Å². The van der Waals surface area contributed by atoms with Crippen LogP contribution in [0.3, 0.4) is 0 Å². The quantitative estimate of drug-likeness (QED) is 0.817. The van der Waals surface area contributed by atoms with Gasteiger partial charge in [-0.3, -0.25) is 0 Å². The second kappa shape index (κ2) is 5.59. The van der Waals surface area contributed by atoms with Gasteiger partial charge in [-0.15, -0.1) is 0 Å². The number of nitrogens with one attached hydrogen (secondary N) is 1. The van der Waals surface area contributed by atoms with Gasteiger partial charge in [0.15, 0.2) is 21.4 Å². The van der Waals surface area contributed by atoms with E-state index in [0.717, 1.165) is 12.3 Å². The molecule has 0 bridgehead atoms. The average molecular weight is 281 g/mol. The molecule has 1 N–H and O–H groups in total. The first-order chi connectivity index (χ1) is 8.32. The predicted molar refractivity (Wildman–Crippen MR) is 59.9 cm³/mol. The summed E-state index contributed by atoms with van der Waals surface area (Å²) < 4.78 is 54.9. The molecule has 102 valence electrons. The minimum atomic E-state index is -4.02. The van der Waals surface area contributed by atoms with Crippen LogP contribution >= 0.6 is 0 Å². The van der Waals surface area contributed by atoms with Crippen molar-refractivity contribution in [2.24, 2.45) is 0 Å². The van der Waals surface area contributed by atoms with Crippen LogP contribution in [0.25, 0.3) is 0 Å². The monoisotopic (exact) mass is 281 g/mol. The van der Waals surface area contributed by atoms with Crippen LogP contribution in [0.15, 0.2) is 11.0 Å². The molecule has 0 aliphatic rings. The van der Waals surface area contributed by atoms with Crippen molar-refractivity contribution in [2.75, 3.05) is 20.5 Å². The summed E-state index contributed by atoms with van der Waals surface area (Å²) in [6.07, 6.45) is 0.723. The molecule has 0 spiro atoms. The molecule has 0 saturated heterocycles. The predicted octanol–water partition coefficient (Wildman–Crippen LogP) is 1.03. The molecule has 0 saturated carbocycles. The molecular weight excluding hydrogens is 268 g/mol. The topological polar surface area (TPSA) is 64.6 Å². The average Bonchev–Trinajstić information content (AvgIpc) is 2.23. The first kappa shape index (κ1) is 14.8. The lowest BCUT2D eigenvalue weighted by Crippen LogP contribution is -2.14. The van der Waals surface area contributed by atoms with Gasteiger partial charge in [-0.05, 0) is 6.07 Å². The summed E-state index contributed by atoms with van der Waals surface area (Å²) in [7, 11) is -1.51. The number of halogens is 2. The first-order valence-corrected chi connectivity index (χ1v) is 6.72. The molecule has 0 heterocycles. The lowest BCUT2D eigenvalue weighted by atomic mass is 10.2. The summed E-state index contributed by atoms with van der Waals surface area (Å²) in [6.45, 7) is -0.0302. The summed E-state index contributed by atoms with van der Waals surface area (Å²) in [6, 6.07) is 0.893. The van der Waals surface area contributed by atoms with E-state index >= 15 is 0 Å². The number of hydroxylamine groups is 1. The van der Waals surface area contributed by atoms with Crippen LogP contribution < -0.4 is 10.2 Å². The van der Waals surface area contributed by atoms with Gasteiger partial charge in [-0.25, -0.2) is 17.2 Å². The largest absolute Gasteiger partial charge is 0.493 e. The molecular formula is C10H13F2NO4S. The van der Waals surface area contributed by atoms with Crippen LogP contribution in [0.4, 0.5) is 8.78 Å². The molecule has 0 radical (unpaired) electrons. The molecule has 1 aromatic rings. The van der Waals surface area contributed by atoms with Crippen molar-refractivity contribution in [3.8, 4) is 5.75 Å². The first-order valence-electron chi connectivity index (χ1n) is 4.83. The minimum Gasteiger partial charge on any atom is -0.493 e. The Morgan fingerprint density at radius 2 is 1.94 bits per heavy atom. The molecule has 0 aliphatic heterocycles. The highest BCUT2D eigenvalue weighted by molar-refractivity contribution is 7.90. The van der Waals surface area contributed by atoms with Gasteiger partial charge in [0.1, 0.15) is 10.7 Å². The van der Waals surface area contributed by atoms with E-state index in [1.807, 2.05) is 0 Å². The van der Waals surface area contributed by atoms with E-state index < -0.39 is 26.4 Å². The fourth-order valence-electron chi connectivity index (χ4n) is 1.47. The van der Waals surface area contributed by atoms with Crippen LogP contribution in [0, 0.1) is 11.6 Å². The van der Waals surface area contributed by atoms with Gasteiger partial charge in [-0.1, -0.05) is 0 Å². The number of rotatable bonds is 5. The van der Waals surface area contributed by atoms with Gasteiger partial charge >= 0.3 is 0 Å². The second-order valence-electron chi connectivity index (χ2n) is 3.49. The van der Waals surface area contributed by atoms with Crippen molar-refractivity contribution < 1.29 is 26.8 Å². The molecule has 8 heteroatoms. The molecule has 0 aromatic heterocycles. The highest BCUT2D eigenvalue weighted by Crippen LogP contribution is 2.30. The van der Waals surface area contributed by atoms with Gasteiger partial charge in [0, 0.05) is 18.4 Å². The molecule has 0 aliphatic carbocycles. The third kappa shape index (κ3) is 2.95. The number of benzene rings is 1. The van der Waals surface area contributed by atoms with Crippen LogP contribution in [-0.2, 0) is 21.2 Å². The molecule has 0 amide bonds. The standard InChI is InChI=1S/C10H13F2NO4S/c1-16-9-6(5-13-17-2)4-7(11)10(8(9)12)18(3,14)15/h4,13H,5H2,1-3H3. The highest BCUT2D eigenvalue weighted by Gasteiger charge is 2.25. The highest BCUT2D eigenvalue weighted by atomic mass is 32.2. The Morgan fingerprint density at radius 1 is 1.33 bits per heavy atom. The minimum absolute atomic E-state index is 0.0302. The van der Waals surface area contributed by atoms with Gasteiger partial charge < -0.3 is 9.57 Å². The summed E-state index contributed by atoms with van der Waals surface area (Å²) in [5.41, 5.74) is 2.50. The lowest BCUT2D eigenvalue weighted by molar-refractivity contribution is 0.0859. The molecule has 1 aromatic carbocycles. The molecule has 0 unspecified atom stereocenters. The zero-order valence-electron chi connectivity index (χ0n) is 10.1. The third-order valence-corrected chi connectivity index (χ3v) is 3.31. The maximum atomic E-state index is 13.9. The summed E-state index contributed by atoms with van der Waals surface area (Å²) >= 11 is 0.